The normalized spacial score (nSPS) is 16.9. The number of carbonyl (C=O) groups excluding carboxylic acids is 1. The monoisotopic (exact) mass is 145 g/mol. The number of aliphatic hydroxyl groups is 1. The van der Waals surface area contributed by atoms with Gasteiger partial charge in [0.2, 0.25) is 5.91 Å². The van der Waals surface area contributed by atoms with Crippen LogP contribution in [0.5, 0.6) is 0 Å². The van der Waals surface area contributed by atoms with Crippen molar-refractivity contribution < 1.29 is 9.90 Å². The van der Waals surface area contributed by atoms with Crippen molar-refractivity contribution in [3.63, 3.8) is 0 Å². The topological polar surface area (TPSA) is 63.3 Å². The second kappa shape index (κ2) is 3.01. The van der Waals surface area contributed by atoms with Crippen LogP contribution in [0.15, 0.2) is 0 Å². The summed E-state index contributed by atoms with van der Waals surface area (Å²) >= 11 is 0. The van der Waals surface area contributed by atoms with Gasteiger partial charge in [-0.05, 0) is 19.3 Å². The van der Waals surface area contributed by atoms with E-state index >= 15 is 0 Å². The largest absolute Gasteiger partial charge is 0.380 e. The summed E-state index contributed by atoms with van der Waals surface area (Å²) in [6.45, 7) is 5.30. The molecule has 0 bridgehead atoms. The molecule has 60 valence electrons. The molecule has 1 amide bonds. The Morgan fingerprint density at radius 2 is 2.10 bits per heavy atom. The fraction of sp³-hybridized carbons (Fsp3) is 0.857. The highest BCUT2D eigenvalue weighted by atomic mass is 16.3. The number of rotatable bonds is 3. The molecule has 0 spiro atoms. The maximum absolute atomic E-state index is 10.5. The smallest absolute Gasteiger partial charge is 0.249 e. The third-order valence-corrected chi connectivity index (χ3v) is 1.34. The molecule has 0 aromatic rings. The van der Waals surface area contributed by atoms with Gasteiger partial charge in [0, 0.05) is 0 Å². The van der Waals surface area contributed by atoms with E-state index in [-0.39, 0.29) is 5.92 Å². The zero-order chi connectivity index (χ0) is 8.36. The van der Waals surface area contributed by atoms with Gasteiger partial charge in [-0.3, -0.25) is 4.79 Å². The van der Waals surface area contributed by atoms with E-state index in [1.807, 2.05) is 13.8 Å². The van der Waals surface area contributed by atoms with Crippen LogP contribution in [0.3, 0.4) is 0 Å². The number of carbonyl (C=O) groups is 1. The minimum absolute atomic E-state index is 0.280. The summed E-state index contributed by atoms with van der Waals surface area (Å²) in [4.78, 5) is 10.5. The average molecular weight is 145 g/mol. The fourth-order valence-electron chi connectivity index (χ4n) is 0.896. The van der Waals surface area contributed by atoms with E-state index in [0.29, 0.717) is 6.42 Å². The van der Waals surface area contributed by atoms with Gasteiger partial charge in [-0.2, -0.15) is 0 Å². The van der Waals surface area contributed by atoms with Crippen LogP contribution in [-0.4, -0.2) is 16.6 Å². The highest BCUT2D eigenvalue weighted by Gasteiger charge is 2.27. The molecule has 3 heteroatoms. The molecule has 0 aliphatic carbocycles. The molecule has 0 heterocycles. The molecule has 0 radical (unpaired) electrons. The van der Waals surface area contributed by atoms with Crippen LogP contribution in [0.1, 0.15) is 27.2 Å². The molecule has 0 unspecified atom stereocenters. The highest BCUT2D eigenvalue weighted by molar-refractivity contribution is 5.82. The van der Waals surface area contributed by atoms with Gasteiger partial charge in [0.05, 0.1) is 0 Å². The van der Waals surface area contributed by atoms with E-state index in [1.165, 1.54) is 6.92 Å². The SMILES string of the molecule is CC(C)C[C@@](C)(O)C(N)=O. The Kier molecular flexibility index (Phi) is 2.84. The van der Waals surface area contributed by atoms with Gasteiger partial charge in [-0.1, -0.05) is 13.8 Å². The first kappa shape index (κ1) is 9.43. The summed E-state index contributed by atoms with van der Waals surface area (Å²) in [5.74, 6) is -0.372. The Balaban J connectivity index is 4.00. The van der Waals surface area contributed by atoms with E-state index in [0.717, 1.165) is 0 Å². The van der Waals surface area contributed by atoms with E-state index in [4.69, 9.17) is 5.73 Å². The Hall–Kier alpha value is -0.570. The first-order valence-corrected chi connectivity index (χ1v) is 3.38. The van der Waals surface area contributed by atoms with Crippen molar-refractivity contribution in [2.24, 2.45) is 11.7 Å². The number of hydrogen-bond donors (Lipinski definition) is 2. The molecule has 0 aliphatic rings. The molecule has 3 N–H and O–H groups in total. The van der Waals surface area contributed by atoms with Crippen molar-refractivity contribution in [2.45, 2.75) is 32.8 Å². The van der Waals surface area contributed by atoms with Crippen LogP contribution in [0.4, 0.5) is 0 Å². The van der Waals surface area contributed by atoms with E-state index < -0.39 is 11.5 Å². The molecule has 1 atom stereocenters. The van der Waals surface area contributed by atoms with Crippen molar-refractivity contribution in [2.75, 3.05) is 0 Å². The number of hydrogen-bond acceptors (Lipinski definition) is 2. The van der Waals surface area contributed by atoms with Gasteiger partial charge in [0.1, 0.15) is 5.60 Å². The molecule has 0 fully saturated rings. The predicted octanol–water partition coefficient (Wildman–Crippen LogP) is 0.269. The third-order valence-electron chi connectivity index (χ3n) is 1.34. The van der Waals surface area contributed by atoms with Gasteiger partial charge >= 0.3 is 0 Å². The fourth-order valence-corrected chi connectivity index (χ4v) is 0.896. The molecule has 0 aliphatic heterocycles. The Bertz CT molecular complexity index is 130. The molecule has 0 aromatic heterocycles. The minimum atomic E-state index is -1.34. The quantitative estimate of drug-likeness (QED) is 0.598. The number of nitrogens with two attached hydrogens (primary N) is 1. The second-order valence-corrected chi connectivity index (χ2v) is 3.24. The third kappa shape index (κ3) is 2.82. The van der Waals surface area contributed by atoms with Gasteiger partial charge in [-0.15, -0.1) is 0 Å². The van der Waals surface area contributed by atoms with Gasteiger partial charge in [0.25, 0.3) is 0 Å². The van der Waals surface area contributed by atoms with E-state index in [1.54, 1.807) is 0 Å². The van der Waals surface area contributed by atoms with Crippen molar-refractivity contribution in [1.82, 2.24) is 0 Å². The summed E-state index contributed by atoms with van der Waals surface area (Å²) in [5, 5.41) is 9.29. The number of primary amides is 1. The summed E-state index contributed by atoms with van der Waals surface area (Å²) < 4.78 is 0. The summed E-state index contributed by atoms with van der Waals surface area (Å²) in [6, 6.07) is 0. The van der Waals surface area contributed by atoms with Gasteiger partial charge in [0.15, 0.2) is 0 Å². The first-order valence-electron chi connectivity index (χ1n) is 3.38. The Morgan fingerprint density at radius 3 is 2.20 bits per heavy atom. The second-order valence-electron chi connectivity index (χ2n) is 3.24. The lowest BCUT2D eigenvalue weighted by Crippen LogP contribution is -2.41. The molecule has 10 heavy (non-hydrogen) atoms. The first-order chi connectivity index (χ1) is 4.36. The van der Waals surface area contributed by atoms with Crippen LogP contribution < -0.4 is 5.73 Å². The van der Waals surface area contributed by atoms with Crippen molar-refractivity contribution >= 4 is 5.91 Å². The predicted molar refractivity (Wildman–Crippen MR) is 39.3 cm³/mol. The van der Waals surface area contributed by atoms with Crippen LogP contribution in [0.2, 0.25) is 0 Å². The molecule has 0 saturated heterocycles. The van der Waals surface area contributed by atoms with Crippen LogP contribution in [-0.2, 0) is 4.79 Å². The lowest BCUT2D eigenvalue weighted by molar-refractivity contribution is -0.135. The Labute approximate surface area is 61.2 Å². The highest BCUT2D eigenvalue weighted by Crippen LogP contribution is 2.14. The number of amides is 1. The maximum atomic E-state index is 10.5. The van der Waals surface area contributed by atoms with Crippen molar-refractivity contribution in [3.8, 4) is 0 Å². The minimum Gasteiger partial charge on any atom is -0.380 e. The lowest BCUT2D eigenvalue weighted by atomic mass is 9.94. The van der Waals surface area contributed by atoms with Crippen molar-refractivity contribution in [3.05, 3.63) is 0 Å². The maximum Gasteiger partial charge on any atom is 0.249 e. The lowest BCUT2D eigenvalue weighted by Gasteiger charge is -2.20. The standard InChI is InChI=1S/C7H15NO2/c1-5(2)4-7(3,10)6(8)9/h5,10H,4H2,1-3H3,(H2,8,9)/t7-/m1/s1. The molecule has 3 nitrogen and oxygen atoms in total. The van der Waals surface area contributed by atoms with Crippen molar-refractivity contribution in [1.29, 1.82) is 0 Å². The summed E-state index contributed by atoms with van der Waals surface area (Å²) in [5.41, 5.74) is 3.59. The van der Waals surface area contributed by atoms with E-state index in [2.05, 4.69) is 0 Å². The van der Waals surface area contributed by atoms with Crippen LogP contribution in [0.25, 0.3) is 0 Å². The molecular formula is C7H15NO2. The zero-order valence-electron chi connectivity index (χ0n) is 6.72. The molecule has 0 aromatic carbocycles. The van der Waals surface area contributed by atoms with Gasteiger partial charge < -0.3 is 10.8 Å². The molecule has 0 saturated carbocycles. The Morgan fingerprint density at radius 1 is 1.70 bits per heavy atom. The molecule has 0 rings (SSSR count). The molecular weight excluding hydrogens is 130 g/mol. The van der Waals surface area contributed by atoms with Crippen LogP contribution in [0, 0.1) is 5.92 Å². The summed E-state index contributed by atoms with van der Waals surface area (Å²) in [6.07, 6.45) is 0.419. The summed E-state index contributed by atoms with van der Waals surface area (Å²) in [7, 11) is 0. The average Bonchev–Trinajstić information content (AvgIpc) is 1.60. The zero-order valence-corrected chi connectivity index (χ0v) is 6.72. The van der Waals surface area contributed by atoms with E-state index in [9.17, 15) is 9.90 Å². The van der Waals surface area contributed by atoms with Gasteiger partial charge in [-0.25, -0.2) is 0 Å². The van der Waals surface area contributed by atoms with Crippen LogP contribution >= 0.6 is 0 Å².